The van der Waals surface area contributed by atoms with Gasteiger partial charge in [-0.3, -0.25) is 9.48 Å². The van der Waals surface area contributed by atoms with E-state index in [1.807, 2.05) is 6.07 Å². The van der Waals surface area contributed by atoms with Crippen molar-refractivity contribution in [3.8, 4) is 6.07 Å². The van der Waals surface area contributed by atoms with E-state index in [-0.39, 0.29) is 5.69 Å². The van der Waals surface area contributed by atoms with Gasteiger partial charge in [-0.15, -0.1) is 5.10 Å². The molecule has 0 saturated carbocycles. The minimum atomic E-state index is -0.424. The molecule has 0 aliphatic heterocycles. The van der Waals surface area contributed by atoms with Crippen molar-refractivity contribution in [2.24, 2.45) is 5.73 Å². The molecule has 20 heavy (non-hydrogen) atoms. The molecule has 0 bridgehead atoms. The summed E-state index contributed by atoms with van der Waals surface area (Å²) in [4.78, 5) is 12.0. The third-order valence-corrected chi connectivity index (χ3v) is 2.97. The molecule has 102 valence electrons. The number of nitriles is 1. The lowest BCUT2D eigenvalue weighted by Crippen LogP contribution is -2.13. The number of rotatable bonds is 4. The van der Waals surface area contributed by atoms with Crippen molar-refractivity contribution >= 4 is 27.5 Å². The van der Waals surface area contributed by atoms with Gasteiger partial charge in [-0.2, -0.15) is 5.26 Å². The second kappa shape index (κ2) is 6.27. The normalized spacial score (nSPS) is 10.1. The molecule has 0 saturated heterocycles. The topological polar surface area (TPSA) is 110 Å². The van der Waals surface area contributed by atoms with E-state index in [1.165, 1.54) is 10.9 Å². The number of anilines is 1. The van der Waals surface area contributed by atoms with Crippen LogP contribution in [0.4, 0.5) is 5.69 Å². The molecular weight excluding hydrogens is 324 g/mol. The van der Waals surface area contributed by atoms with Crippen molar-refractivity contribution in [2.45, 2.75) is 6.54 Å². The van der Waals surface area contributed by atoms with Crippen molar-refractivity contribution < 1.29 is 4.79 Å². The Kier molecular flexibility index (Phi) is 4.45. The number of carbonyl (C=O) groups is 1. The second-order valence-electron chi connectivity index (χ2n) is 3.91. The lowest BCUT2D eigenvalue weighted by molar-refractivity contribution is 0.102. The van der Waals surface area contributed by atoms with Crippen LogP contribution < -0.4 is 11.1 Å². The predicted molar refractivity (Wildman–Crippen MR) is 75.9 cm³/mol. The first-order chi connectivity index (χ1) is 9.63. The molecule has 0 atom stereocenters. The Hall–Kier alpha value is -2.24. The van der Waals surface area contributed by atoms with Crippen molar-refractivity contribution in [1.82, 2.24) is 15.0 Å². The Balaban J connectivity index is 2.17. The zero-order chi connectivity index (χ0) is 14.5. The lowest BCUT2D eigenvalue weighted by atomic mass is 10.2. The van der Waals surface area contributed by atoms with Crippen LogP contribution in [-0.4, -0.2) is 27.4 Å². The summed E-state index contributed by atoms with van der Waals surface area (Å²) in [5.41, 5.74) is 6.35. The summed E-state index contributed by atoms with van der Waals surface area (Å²) < 4.78 is 2.25. The number of nitrogens with two attached hydrogens (primary N) is 1. The number of carbonyl (C=O) groups excluding carboxylic acids is 1. The zero-order valence-electron chi connectivity index (χ0n) is 10.4. The largest absolute Gasteiger partial charge is 0.329 e. The molecule has 1 amide bonds. The molecule has 3 N–H and O–H groups in total. The molecule has 8 heteroatoms. The van der Waals surface area contributed by atoms with Gasteiger partial charge in [0.25, 0.3) is 5.91 Å². The van der Waals surface area contributed by atoms with E-state index in [1.54, 1.807) is 18.2 Å². The van der Waals surface area contributed by atoms with Crippen LogP contribution in [0, 0.1) is 11.3 Å². The maximum Gasteiger partial charge on any atom is 0.277 e. The standard InChI is InChI=1S/C12H11BrN6O/c13-9-1-2-10(8(5-9)6-15)16-12(20)11-7-19(4-3-14)18-17-11/h1-2,5,7H,3-4,14H2,(H,16,20). The minimum Gasteiger partial charge on any atom is -0.329 e. The third-order valence-electron chi connectivity index (χ3n) is 2.48. The Labute approximate surface area is 123 Å². The first kappa shape index (κ1) is 14.2. The van der Waals surface area contributed by atoms with Crippen molar-refractivity contribution in [2.75, 3.05) is 11.9 Å². The Morgan fingerprint density at radius 3 is 3.05 bits per heavy atom. The van der Waals surface area contributed by atoms with Crippen LogP contribution in [0.2, 0.25) is 0 Å². The smallest absolute Gasteiger partial charge is 0.277 e. The van der Waals surface area contributed by atoms with E-state index in [2.05, 4.69) is 31.6 Å². The van der Waals surface area contributed by atoms with Crippen LogP contribution in [0.15, 0.2) is 28.9 Å². The fourth-order valence-corrected chi connectivity index (χ4v) is 1.91. The fraction of sp³-hybridized carbons (Fsp3) is 0.167. The van der Waals surface area contributed by atoms with Gasteiger partial charge in [-0.1, -0.05) is 21.1 Å². The van der Waals surface area contributed by atoms with E-state index in [9.17, 15) is 4.79 Å². The molecule has 1 aromatic heterocycles. The number of halogens is 1. The maximum absolute atomic E-state index is 12.0. The molecule has 0 aliphatic rings. The van der Waals surface area contributed by atoms with Gasteiger partial charge in [0.15, 0.2) is 5.69 Å². The van der Waals surface area contributed by atoms with Crippen LogP contribution in [0.3, 0.4) is 0 Å². The molecular formula is C12H11BrN6O. The molecule has 0 spiro atoms. The molecule has 0 aliphatic carbocycles. The molecule has 2 aromatic rings. The third kappa shape index (κ3) is 3.20. The highest BCUT2D eigenvalue weighted by Gasteiger charge is 2.13. The summed E-state index contributed by atoms with van der Waals surface area (Å²) in [5, 5.41) is 19.2. The van der Waals surface area contributed by atoms with Gasteiger partial charge < -0.3 is 11.1 Å². The van der Waals surface area contributed by atoms with Crippen LogP contribution in [0.25, 0.3) is 0 Å². The summed E-state index contributed by atoms with van der Waals surface area (Å²) in [6.45, 7) is 0.901. The summed E-state index contributed by atoms with van der Waals surface area (Å²) in [7, 11) is 0. The van der Waals surface area contributed by atoms with Gasteiger partial charge in [0.05, 0.1) is 24.0 Å². The number of hydrogen-bond donors (Lipinski definition) is 2. The van der Waals surface area contributed by atoms with E-state index in [0.29, 0.717) is 24.3 Å². The average Bonchev–Trinajstić information content (AvgIpc) is 2.90. The highest BCUT2D eigenvalue weighted by Crippen LogP contribution is 2.20. The summed E-state index contributed by atoms with van der Waals surface area (Å²) in [5.74, 6) is -0.424. The van der Waals surface area contributed by atoms with E-state index in [0.717, 1.165) is 4.47 Å². The summed E-state index contributed by atoms with van der Waals surface area (Å²) >= 11 is 3.27. The van der Waals surface area contributed by atoms with Gasteiger partial charge >= 0.3 is 0 Å². The molecule has 2 rings (SSSR count). The molecule has 0 unspecified atom stereocenters. The molecule has 1 heterocycles. The highest BCUT2D eigenvalue weighted by atomic mass is 79.9. The lowest BCUT2D eigenvalue weighted by Gasteiger charge is -2.05. The number of nitrogens with one attached hydrogen (secondary N) is 1. The van der Waals surface area contributed by atoms with Gasteiger partial charge in [0, 0.05) is 11.0 Å². The first-order valence-corrected chi connectivity index (χ1v) is 6.54. The van der Waals surface area contributed by atoms with Gasteiger partial charge in [-0.05, 0) is 18.2 Å². The Bertz CT molecular complexity index is 675. The number of benzene rings is 1. The van der Waals surface area contributed by atoms with Crippen LogP contribution in [0.5, 0.6) is 0 Å². The Morgan fingerprint density at radius 2 is 2.35 bits per heavy atom. The molecule has 1 aromatic carbocycles. The van der Waals surface area contributed by atoms with Gasteiger partial charge in [0.2, 0.25) is 0 Å². The number of amides is 1. The minimum absolute atomic E-state index is 0.172. The summed E-state index contributed by atoms with van der Waals surface area (Å²) in [6.07, 6.45) is 1.51. The fourth-order valence-electron chi connectivity index (χ4n) is 1.55. The molecule has 7 nitrogen and oxygen atoms in total. The zero-order valence-corrected chi connectivity index (χ0v) is 12.0. The van der Waals surface area contributed by atoms with Crippen LogP contribution in [0.1, 0.15) is 16.1 Å². The summed E-state index contributed by atoms with van der Waals surface area (Å²) in [6, 6.07) is 7.02. The first-order valence-electron chi connectivity index (χ1n) is 5.75. The van der Waals surface area contributed by atoms with Gasteiger partial charge in [0.1, 0.15) is 6.07 Å². The quantitative estimate of drug-likeness (QED) is 0.870. The van der Waals surface area contributed by atoms with E-state index >= 15 is 0 Å². The van der Waals surface area contributed by atoms with Crippen molar-refractivity contribution in [1.29, 1.82) is 5.26 Å². The monoisotopic (exact) mass is 334 g/mol. The number of nitrogens with zero attached hydrogens (tertiary/aromatic N) is 4. The van der Waals surface area contributed by atoms with Crippen molar-refractivity contribution in [3.05, 3.63) is 40.1 Å². The average molecular weight is 335 g/mol. The maximum atomic E-state index is 12.0. The Morgan fingerprint density at radius 1 is 1.55 bits per heavy atom. The van der Waals surface area contributed by atoms with Crippen LogP contribution in [-0.2, 0) is 6.54 Å². The molecule has 0 fully saturated rings. The van der Waals surface area contributed by atoms with E-state index < -0.39 is 5.91 Å². The highest BCUT2D eigenvalue weighted by molar-refractivity contribution is 9.10. The van der Waals surface area contributed by atoms with Gasteiger partial charge in [-0.25, -0.2) is 0 Å². The predicted octanol–water partition coefficient (Wildman–Crippen LogP) is 1.12. The number of hydrogen-bond acceptors (Lipinski definition) is 5. The number of aromatic nitrogens is 3. The second-order valence-corrected chi connectivity index (χ2v) is 4.83. The van der Waals surface area contributed by atoms with E-state index in [4.69, 9.17) is 11.0 Å². The molecule has 0 radical (unpaired) electrons. The van der Waals surface area contributed by atoms with Crippen LogP contribution >= 0.6 is 15.9 Å². The van der Waals surface area contributed by atoms with Crippen molar-refractivity contribution in [3.63, 3.8) is 0 Å². The SMILES string of the molecule is N#Cc1cc(Br)ccc1NC(=O)c1cn(CCN)nn1.